The molecule has 1 aliphatic rings. The second kappa shape index (κ2) is 5.97. The third kappa shape index (κ3) is 3.07. The summed E-state index contributed by atoms with van der Waals surface area (Å²) in [6.45, 7) is 2.18. The van der Waals surface area contributed by atoms with Gasteiger partial charge in [-0.2, -0.15) is 0 Å². The van der Waals surface area contributed by atoms with E-state index in [0.717, 1.165) is 30.5 Å². The minimum Gasteiger partial charge on any atom is -0.325 e. The average molecular weight is 317 g/mol. The van der Waals surface area contributed by atoms with Crippen molar-refractivity contribution in [2.75, 3.05) is 5.32 Å². The molecule has 0 saturated carbocycles. The van der Waals surface area contributed by atoms with Crippen LogP contribution in [0.3, 0.4) is 0 Å². The first kappa shape index (κ1) is 14.9. The molecule has 2 N–H and O–H groups in total. The summed E-state index contributed by atoms with van der Waals surface area (Å²) >= 11 is 5.90. The normalized spacial score (nSPS) is 16.9. The molecule has 1 heterocycles. The van der Waals surface area contributed by atoms with Gasteiger partial charge in [0.1, 0.15) is 5.56 Å². The highest BCUT2D eigenvalue weighted by Crippen LogP contribution is 2.23. The quantitative estimate of drug-likeness (QED) is 0.892. The second-order valence-corrected chi connectivity index (χ2v) is 6.26. The Kier molecular flexibility index (Phi) is 4.03. The van der Waals surface area contributed by atoms with E-state index in [-0.39, 0.29) is 11.1 Å². The molecular weight excluding hydrogens is 300 g/mol. The SMILES string of the molecule is C[C@H]1CCc2[nH]c(=O)c(C(=O)Nc3cccc(Cl)c3)cc2C1. The molecule has 0 bridgehead atoms. The van der Waals surface area contributed by atoms with Gasteiger partial charge in [0.2, 0.25) is 0 Å². The van der Waals surface area contributed by atoms with Gasteiger partial charge in [-0.1, -0.05) is 24.6 Å². The number of nitrogens with one attached hydrogen (secondary N) is 2. The van der Waals surface area contributed by atoms with Crippen LogP contribution in [0, 0.1) is 5.92 Å². The third-order valence-electron chi connectivity index (χ3n) is 4.00. The van der Waals surface area contributed by atoms with E-state index >= 15 is 0 Å². The minimum absolute atomic E-state index is 0.146. The number of amides is 1. The maximum Gasteiger partial charge on any atom is 0.261 e. The molecule has 2 aromatic rings. The van der Waals surface area contributed by atoms with Gasteiger partial charge in [-0.05, 0) is 55.0 Å². The number of carbonyl (C=O) groups excluding carboxylic acids is 1. The van der Waals surface area contributed by atoms with E-state index in [2.05, 4.69) is 17.2 Å². The number of anilines is 1. The number of aromatic amines is 1. The van der Waals surface area contributed by atoms with E-state index in [1.807, 2.05) is 0 Å². The Balaban J connectivity index is 1.89. The summed E-state index contributed by atoms with van der Waals surface area (Å²) in [6.07, 6.45) is 2.82. The van der Waals surface area contributed by atoms with Crippen LogP contribution in [0.5, 0.6) is 0 Å². The van der Waals surface area contributed by atoms with Crippen molar-refractivity contribution in [3.63, 3.8) is 0 Å². The zero-order valence-electron chi connectivity index (χ0n) is 12.3. The fraction of sp³-hybridized carbons (Fsp3) is 0.294. The molecule has 1 aromatic carbocycles. The summed E-state index contributed by atoms with van der Waals surface area (Å²) in [7, 11) is 0. The van der Waals surface area contributed by atoms with Crippen LogP contribution in [0.15, 0.2) is 35.1 Å². The molecular formula is C17H17ClN2O2. The number of fused-ring (bicyclic) bond motifs is 1. The molecule has 4 nitrogen and oxygen atoms in total. The Morgan fingerprint density at radius 2 is 2.18 bits per heavy atom. The number of hydrogen-bond donors (Lipinski definition) is 2. The van der Waals surface area contributed by atoms with Crippen LogP contribution < -0.4 is 10.9 Å². The third-order valence-corrected chi connectivity index (χ3v) is 4.23. The van der Waals surface area contributed by atoms with Gasteiger partial charge in [0.05, 0.1) is 0 Å². The van der Waals surface area contributed by atoms with Gasteiger partial charge in [-0.3, -0.25) is 9.59 Å². The first-order chi connectivity index (χ1) is 10.5. The fourth-order valence-electron chi connectivity index (χ4n) is 2.82. The number of hydrogen-bond acceptors (Lipinski definition) is 2. The topological polar surface area (TPSA) is 62.0 Å². The average Bonchev–Trinajstić information content (AvgIpc) is 2.47. The lowest BCUT2D eigenvalue weighted by molar-refractivity contribution is 0.102. The Bertz CT molecular complexity index is 782. The van der Waals surface area contributed by atoms with Crippen LogP contribution in [0.25, 0.3) is 0 Å². The molecule has 1 amide bonds. The lowest BCUT2D eigenvalue weighted by atomic mass is 9.87. The van der Waals surface area contributed by atoms with E-state index in [1.54, 1.807) is 30.3 Å². The summed E-state index contributed by atoms with van der Waals surface area (Å²) in [5, 5.41) is 3.25. The fourth-order valence-corrected chi connectivity index (χ4v) is 3.01. The van der Waals surface area contributed by atoms with E-state index in [0.29, 0.717) is 16.6 Å². The monoisotopic (exact) mass is 316 g/mol. The maximum atomic E-state index is 12.3. The summed E-state index contributed by atoms with van der Waals surface area (Å²) < 4.78 is 0. The lowest BCUT2D eigenvalue weighted by Crippen LogP contribution is -2.27. The van der Waals surface area contributed by atoms with Gasteiger partial charge in [-0.25, -0.2) is 0 Å². The second-order valence-electron chi connectivity index (χ2n) is 5.83. The highest BCUT2D eigenvalue weighted by atomic mass is 35.5. The zero-order valence-corrected chi connectivity index (χ0v) is 13.0. The number of rotatable bonds is 2. The number of halogens is 1. The van der Waals surface area contributed by atoms with Crippen molar-refractivity contribution in [2.45, 2.75) is 26.2 Å². The highest BCUT2D eigenvalue weighted by Gasteiger charge is 2.20. The summed E-state index contributed by atoms with van der Waals surface area (Å²) in [5.74, 6) is 0.159. The predicted octanol–water partition coefficient (Wildman–Crippen LogP) is 3.41. The molecule has 5 heteroatoms. The van der Waals surface area contributed by atoms with Gasteiger partial charge >= 0.3 is 0 Å². The zero-order chi connectivity index (χ0) is 15.7. The molecule has 1 aromatic heterocycles. The first-order valence-electron chi connectivity index (χ1n) is 7.35. The molecule has 22 heavy (non-hydrogen) atoms. The van der Waals surface area contributed by atoms with Crippen molar-refractivity contribution < 1.29 is 4.79 Å². The summed E-state index contributed by atoms with van der Waals surface area (Å²) in [6, 6.07) is 8.58. The number of aryl methyl sites for hydroxylation is 1. The number of carbonyl (C=O) groups is 1. The summed E-state index contributed by atoms with van der Waals surface area (Å²) in [5.41, 5.74) is 2.40. The lowest BCUT2D eigenvalue weighted by Gasteiger charge is -2.21. The van der Waals surface area contributed by atoms with Crippen LogP contribution in [0.1, 0.15) is 35.0 Å². The van der Waals surface area contributed by atoms with Crippen molar-refractivity contribution >= 4 is 23.2 Å². The van der Waals surface area contributed by atoms with E-state index < -0.39 is 5.91 Å². The minimum atomic E-state index is -0.412. The Morgan fingerprint density at radius 3 is 2.95 bits per heavy atom. The van der Waals surface area contributed by atoms with Crippen molar-refractivity contribution in [1.82, 2.24) is 4.98 Å². The molecule has 1 atom stereocenters. The standard InChI is InChI=1S/C17H17ClN2O2/c1-10-5-6-15-11(7-10)8-14(17(22)20-15)16(21)19-13-4-2-3-12(18)9-13/h2-4,8-10H,5-7H2,1H3,(H,19,21)(H,20,22)/t10-/m0/s1. The molecule has 0 aliphatic heterocycles. The smallest absolute Gasteiger partial charge is 0.261 e. The Hall–Kier alpha value is -2.07. The van der Waals surface area contributed by atoms with E-state index in [4.69, 9.17) is 11.6 Å². The molecule has 114 valence electrons. The molecule has 0 saturated heterocycles. The molecule has 0 fully saturated rings. The predicted molar refractivity (Wildman–Crippen MR) is 87.7 cm³/mol. The molecule has 0 radical (unpaired) electrons. The van der Waals surface area contributed by atoms with Crippen LogP contribution in [0.2, 0.25) is 5.02 Å². The Labute approximate surface area is 133 Å². The largest absolute Gasteiger partial charge is 0.325 e. The van der Waals surface area contributed by atoms with Crippen LogP contribution in [-0.2, 0) is 12.8 Å². The molecule has 0 spiro atoms. The van der Waals surface area contributed by atoms with E-state index in [9.17, 15) is 9.59 Å². The van der Waals surface area contributed by atoms with Gasteiger partial charge in [-0.15, -0.1) is 0 Å². The first-order valence-corrected chi connectivity index (χ1v) is 7.72. The summed E-state index contributed by atoms with van der Waals surface area (Å²) in [4.78, 5) is 27.3. The number of benzene rings is 1. The van der Waals surface area contributed by atoms with Gasteiger partial charge < -0.3 is 10.3 Å². The van der Waals surface area contributed by atoms with Gasteiger partial charge in [0.15, 0.2) is 0 Å². The molecule has 3 rings (SSSR count). The van der Waals surface area contributed by atoms with Crippen LogP contribution in [0.4, 0.5) is 5.69 Å². The van der Waals surface area contributed by atoms with Crippen LogP contribution >= 0.6 is 11.6 Å². The van der Waals surface area contributed by atoms with Crippen LogP contribution in [-0.4, -0.2) is 10.9 Å². The van der Waals surface area contributed by atoms with Gasteiger partial charge in [0, 0.05) is 16.4 Å². The van der Waals surface area contributed by atoms with Crippen molar-refractivity contribution in [3.8, 4) is 0 Å². The van der Waals surface area contributed by atoms with Gasteiger partial charge in [0.25, 0.3) is 11.5 Å². The number of pyridine rings is 1. The Morgan fingerprint density at radius 1 is 1.36 bits per heavy atom. The maximum absolute atomic E-state index is 12.3. The number of H-pyrrole nitrogens is 1. The van der Waals surface area contributed by atoms with E-state index in [1.165, 1.54) is 0 Å². The van der Waals surface area contributed by atoms with Crippen molar-refractivity contribution in [2.24, 2.45) is 5.92 Å². The number of aromatic nitrogens is 1. The molecule has 1 aliphatic carbocycles. The van der Waals surface area contributed by atoms with Crippen molar-refractivity contribution in [1.29, 1.82) is 0 Å². The van der Waals surface area contributed by atoms with Crippen molar-refractivity contribution in [3.05, 3.63) is 62.5 Å². The highest BCUT2D eigenvalue weighted by molar-refractivity contribution is 6.30. The molecule has 0 unspecified atom stereocenters.